The lowest BCUT2D eigenvalue weighted by Gasteiger charge is -2.13. The molecule has 5 nitrogen and oxygen atoms in total. The SMILES string of the molecule is CC(CO)Nc1nccc(C(=O)O)c1Cl. The molecule has 1 aromatic rings. The molecule has 3 N–H and O–H groups in total. The van der Waals surface area contributed by atoms with Crippen LogP contribution in [0.15, 0.2) is 12.3 Å². The third-order valence-corrected chi connectivity index (χ3v) is 2.16. The van der Waals surface area contributed by atoms with Gasteiger partial charge in [-0.05, 0) is 13.0 Å². The highest BCUT2D eigenvalue weighted by Crippen LogP contribution is 2.23. The van der Waals surface area contributed by atoms with Crippen LogP contribution in [0.2, 0.25) is 5.02 Å². The minimum atomic E-state index is -1.11. The predicted octanol–water partition coefficient (Wildman–Crippen LogP) is 1.23. The Balaban J connectivity index is 2.99. The molecule has 0 aliphatic heterocycles. The van der Waals surface area contributed by atoms with Gasteiger partial charge in [0.1, 0.15) is 5.82 Å². The number of carboxylic acid groups (broad SMARTS) is 1. The van der Waals surface area contributed by atoms with Crippen LogP contribution in [-0.4, -0.2) is 33.8 Å². The zero-order chi connectivity index (χ0) is 11.4. The number of hydrogen-bond acceptors (Lipinski definition) is 4. The van der Waals surface area contributed by atoms with Crippen molar-refractivity contribution in [1.82, 2.24) is 4.98 Å². The minimum absolute atomic E-state index is 0.0145. The van der Waals surface area contributed by atoms with Gasteiger partial charge in [0.05, 0.1) is 17.2 Å². The van der Waals surface area contributed by atoms with Crippen molar-refractivity contribution in [3.8, 4) is 0 Å². The van der Waals surface area contributed by atoms with Crippen molar-refractivity contribution in [1.29, 1.82) is 0 Å². The molecule has 0 fully saturated rings. The van der Waals surface area contributed by atoms with Crippen molar-refractivity contribution in [2.24, 2.45) is 0 Å². The predicted molar refractivity (Wildman–Crippen MR) is 56.4 cm³/mol. The smallest absolute Gasteiger partial charge is 0.337 e. The molecular formula is C9H11ClN2O3. The summed E-state index contributed by atoms with van der Waals surface area (Å²) >= 11 is 5.82. The Morgan fingerprint density at radius 1 is 1.73 bits per heavy atom. The Morgan fingerprint density at radius 3 is 2.93 bits per heavy atom. The minimum Gasteiger partial charge on any atom is -0.478 e. The van der Waals surface area contributed by atoms with E-state index in [1.54, 1.807) is 6.92 Å². The summed E-state index contributed by atoms with van der Waals surface area (Å²) in [6.07, 6.45) is 1.35. The number of aromatic nitrogens is 1. The lowest BCUT2D eigenvalue weighted by Crippen LogP contribution is -2.20. The van der Waals surface area contributed by atoms with Crippen LogP contribution in [-0.2, 0) is 0 Å². The average Bonchev–Trinajstić information content (AvgIpc) is 2.20. The Morgan fingerprint density at radius 2 is 2.40 bits per heavy atom. The van der Waals surface area contributed by atoms with E-state index in [9.17, 15) is 4.79 Å². The first-order valence-electron chi connectivity index (χ1n) is 4.31. The van der Waals surface area contributed by atoms with E-state index >= 15 is 0 Å². The maximum absolute atomic E-state index is 10.7. The highest BCUT2D eigenvalue weighted by molar-refractivity contribution is 6.35. The van der Waals surface area contributed by atoms with E-state index in [0.29, 0.717) is 0 Å². The number of carbonyl (C=O) groups is 1. The second-order valence-electron chi connectivity index (χ2n) is 3.05. The lowest BCUT2D eigenvalue weighted by atomic mass is 10.2. The Kier molecular flexibility index (Phi) is 3.88. The van der Waals surface area contributed by atoms with Crippen molar-refractivity contribution in [3.05, 3.63) is 22.8 Å². The lowest BCUT2D eigenvalue weighted by molar-refractivity contribution is 0.0697. The fourth-order valence-electron chi connectivity index (χ4n) is 0.989. The van der Waals surface area contributed by atoms with Crippen LogP contribution in [0.5, 0.6) is 0 Å². The number of nitrogens with zero attached hydrogens (tertiary/aromatic N) is 1. The molecule has 1 atom stereocenters. The van der Waals surface area contributed by atoms with Gasteiger partial charge in [-0.2, -0.15) is 0 Å². The number of pyridine rings is 1. The zero-order valence-electron chi connectivity index (χ0n) is 8.07. The van der Waals surface area contributed by atoms with Gasteiger partial charge in [0.15, 0.2) is 0 Å². The highest BCUT2D eigenvalue weighted by atomic mass is 35.5. The van der Waals surface area contributed by atoms with Crippen molar-refractivity contribution >= 4 is 23.4 Å². The van der Waals surface area contributed by atoms with E-state index in [2.05, 4.69) is 10.3 Å². The molecule has 0 aliphatic carbocycles. The van der Waals surface area contributed by atoms with Gasteiger partial charge < -0.3 is 15.5 Å². The van der Waals surface area contributed by atoms with Crippen LogP contribution in [0.25, 0.3) is 0 Å². The highest BCUT2D eigenvalue weighted by Gasteiger charge is 2.14. The van der Waals surface area contributed by atoms with Gasteiger partial charge in [0.25, 0.3) is 0 Å². The zero-order valence-corrected chi connectivity index (χ0v) is 8.82. The van der Waals surface area contributed by atoms with Crippen LogP contribution < -0.4 is 5.32 Å². The number of nitrogens with one attached hydrogen (secondary N) is 1. The summed E-state index contributed by atoms with van der Waals surface area (Å²) in [5.41, 5.74) is -0.0145. The molecule has 1 aromatic heterocycles. The van der Waals surface area contributed by atoms with Gasteiger partial charge in [-0.25, -0.2) is 9.78 Å². The van der Waals surface area contributed by atoms with Crippen LogP contribution >= 0.6 is 11.6 Å². The molecule has 0 aliphatic rings. The second-order valence-corrected chi connectivity index (χ2v) is 3.43. The van der Waals surface area contributed by atoms with E-state index in [1.165, 1.54) is 12.3 Å². The largest absolute Gasteiger partial charge is 0.478 e. The average molecular weight is 231 g/mol. The molecule has 0 amide bonds. The summed E-state index contributed by atoms with van der Waals surface area (Å²) < 4.78 is 0. The summed E-state index contributed by atoms with van der Waals surface area (Å²) in [6, 6.07) is 1.08. The fourth-order valence-corrected chi connectivity index (χ4v) is 1.24. The number of aromatic carboxylic acids is 1. The first-order valence-corrected chi connectivity index (χ1v) is 4.69. The second kappa shape index (κ2) is 4.95. The maximum atomic E-state index is 10.7. The number of anilines is 1. The van der Waals surface area contributed by atoms with Gasteiger partial charge in [0.2, 0.25) is 0 Å². The number of rotatable bonds is 4. The van der Waals surface area contributed by atoms with Crippen molar-refractivity contribution in [2.75, 3.05) is 11.9 Å². The van der Waals surface area contributed by atoms with Crippen LogP contribution in [0.4, 0.5) is 5.82 Å². The molecule has 1 rings (SSSR count). The van der Waals surface area contributed by atoms with Gasteiger partial charge in [-0.15, -0.1) is 0 Å². The molecule has 0 radical (unpaired) electrons. The van der Waals surface area contributed by atoms with Crippen molar-refractivity contribution in [3.63, 3.8) is 0 Å². The number of aliphatic hydroxyl groups is 1. The summed E-state index contributed by atoms with van der Waals surface area (Å²) in [6.45, 7) is 1.64. The summed E-state index contributed by atoms with van der Waals surface area (Å²) in [4.78, 5) is 14.6. The number of hydrogen-bond donors (Lipinski definition) is 3. The third kappa shape index (κ3) is 2.81. The first-order chi connectivity index (χ1) is 7.06. The van der Waals surface area contributed by atoms with Crippen LogP contribution in [0.1, 0.15) is 17.3 Å². The monoisotopic (exact) mass is 230 g/mol. The molecule has 0 bridgehead atoms. The first kappa shape index (κ1) is 11.7. The molecule has 1 unspecified atom stereocenters. The Labute approximate surface area is 91.7 Å². The number of aliphatic hydroxyl groups excluding tert-OH is 1. The van der Waals surface area contributed by atoms with Crippen molar-refractivity contribution in [2.45, 2.75) is 13.0 Å². The summed E-state index contributed by atoms with van der Waals surface area (Å²) in [5, 5.41) is 20.5. The van der Waals surface area contributed by atoms with Gasteiger partial charge >= 0.3 is 5.97 Å². The summed E-state index contributed by atoms with van der Waals surface area (Å²) in [7, 11) is 0. The third-order valence-electron chi connectivity index (χ3n) is 1.78. The van der Waals surface area contributed by atoms with E-state index < -0.39 is 5.97 Å². The quantitative estimate of drug-likeness (QED) is 0.725. The molecular weight excluding hydrogens is 220 g/mol. The fraction of sp³-hybridized carbons (Fsp3) is 0.333. The standard InChI is InChI=1S/C9H11ClN2O3/c1-5(4-13)12-8-7(10)6(9(14)15)2-3-11-8/h2-3,5,13H,4H2,1H3,(H,11,12)(H,14,15). The van der Waals surface area contributed by atoms with E-state index in [0.717, 1.165) is 0 Å². The van der Waals surface area contributed by atoms with Gasteiger partial charge in [0, 0.05) is 12.2 Å². The molecule has 82 valence electrons. The number of halogens is 1. The molecule has 0 saturated heterocycles. The van der Waals surface area contributed by atoms with E-state index in [-0.39, 0.29) is 29.1 Å². The molecule has 1 heterocycles. The van der Waals surface area contributed by atoms with Crippen molar-refractivity contribution < 1.29 is 15.0 Å². The number of carboxylic acids is 1. The Hall–Kier alpha value is -1.33. The van der Waals surface area contributed by atoms with Crippen LogP contribution in [0.3, 0.4) is 0 Å². The molecule has 0 aromatic carbocycles. The molecule has 6 heteroatoms. The van der Waals surface area contributed by atoms with E-state index in [1.807, 2.05) is 0 Å². The molecule has 0 spiro atoms. The maximum Gasteiger partial charge on any atom is 0.337 e. The Bertz CT molecular complexity index is 370. The topological polar surface area (TPSA) is 82.5 Å². The summed E-state index contributed by atoms with van der Waals surface area (Å²) in [5.74, 6) is -0.847. The molecule has 15 heavy (non-hydrogen) atoms. The molecule has 0 saturated carbocycles. The van der Waals surface area contributed by atoms with E-state index in [4.69, 9.17) is 21.8 Å². The van der Waals surface area contributed by atoms with Gasteiger partial charge in [-0.1, -0.05) is 11.6 Å². The van der Waals surface area contributed by atoms with Gasteiger partial charge in [-0.3, -0.25) is 0 Å². The normalized spacial score (nSPS) is 12.2. The van der Waals surface area contributed by atoms with Crippen LogP contribution in [0, 0.1) is 0 Å².